The number of halogens is 1. The second-order valence-corrected chi connectivity index (χ2v) is 5.04. The Bertz CT molecular complexity index is 394. The van der Waals surface area contributed by atoms with E-state index in [1.54, 1.807) is 19.2 Å². The predicted molar refractivity (Wildman–Crippen MR) is 75.0 cm³/mol. The molecule has 0 aliphatic carbocycles. The molecule has 1 heterocycles. The third kappa shape index (κ3) is 3.75. The number of nitrogens with two attached hydrogens (primary N) is 1. The van der Waals surface area contributed by atoms with Gasteiger partial charge in [-0.1, -0.05) is 11.6 Å². The van der Waals surface area contributed by atoms with Gasteiger partial charge in [0.15, 0.2) is 11.5 Å². The summed E-state index contributed by atoms with van der Waals surface area (Å²) in [6.45, 7) is 1.69. The molecule has 106 valence electrons. The highest BCUT2D eigenvalue weighted by Gasteiger charge is 2.17. The van der Waals surface area contributed by atoms with E-state index in [0.717, 1.165) is 25.0 Å². The summed E-state index contributed by atoms with van der Waals surface area (Å²) in [6.07, 6.45) is 3.51. The van der Waals surface area contributed by atoms with Gasteiger partial charge in [-0.3, -0.25) is 0 Å². The summed E-state index contributed by atoms with van der Waals surface area (Å²) < 4.78 is 16.8. The van der Waals surface area contributed by atoms with Gasteiger partial charge in [0.1, 0.15) is 6.61 Å². The molecule has 0 spiro atoms. The van der Waals surface area contributed by atoms with Crippen molar-refractivity contribution in [3.63, 3.8) is 0 Å². The maximum atomic E-state index is 6.01. The minimum Gasteiger partial charge on any atom is -0.493 e. The largest absolute Gasteiger partial charge is 0.493 e. The summed E-state index contributed by atoms with van der Waals surface area (Å²) in [4.78, 5) is 0. The van der Waals surface area contributed by atoms with Gasteiger partial charge in [0.2, 0.25) is 0 Å². The molecule has 1 aliphatic heterocycles. The lowest BCUT2D eigenvalue weighted by Gasteiger charge is -2.24. The molecule has 1 fully saturated rings. The quantitative estimate of drug-likeness (QED) is 0.904. The highest BCUT2D eigenvalue weighted by atomic mass is 35.5. The van der Waals surface area contributed by atoms with Crippen LogP contribution in [0.1, 0.15) is 24.8 Å². The number of ether oxygens (including phenoxy) is 3. The first-order valence-electron chi connectivity index (χ1n) is 6.55. The third-order valence-electron chi connectivity index (χ3n) is 3.22. The van der Waals surface area contributed by atoms with Crippen molar-refractivity contribution in [2.75, 3.05) is 20.3 Å². The van der Waals surface area contributed by atoms with Crippen molar-refractivity contribution in [1.29, 1.82) is 0 Å². The van der Waals surface area contributed by atoms with E-state index >= 15 is 0 Å². The molecule has 1 aromatic rings. The van der Waals surface area contributed by atoms with E-state index in [1.165, 1.54) is 6.42 Å². The number of hydrogen-bond acceptors (Lipinski definition) is 4. The molecular weight excluding hydrogens is 266 g/mol. The molecule has 0 amide bonds. The summed E-state index contributed by atoms with van der Waals surface area (Å²) in [5.74, 6) is 1.28. The smallest absolute Gasteiger partial charge is 0.165 e. The molecule has 0 saturated carbocycles. The maximum absolute atomic E-state index is 6.01. The van der Waals surface area contributed by atoms with Crippen molar-refractivity contribution >= 4 is 11.6 Å². The van der Waals surface area contributed by atoms with E-state index in [1.807, 2.05) is 0 Å². The van der Waals surface area contributed by atoms with Gasteiger partial charge >= 0.3 is 0 Å². The fraction of sp³-hybridized carbons (Fsp3) is 0.571. The van der Waals surface area contributed by atoms with Gasteiger partial charge in [0.05, 0.1) is 13.2 Å². The fourth-order valence-electron chi connectivity index (χ4n) is 2.20. The van der Waals surface area contributed by atoms with Crippen molar-refractivity contribution in [2.24, 2.45) is 5.73 Å². The molecule has 1 atom stereocenters. The zero-order valence-corrected chi connectivity index (χ0v) is 11.9. The Balaban J connectivity index is 2.09. The van der Waals surface area contributed by atoms with E-state index in [4.69, 9.17) is 31.5 Å². The van der Waals surface area contributed by atoms with Crippen LogP contribution in [0, 0.1) is 0 Å². The number of methoxy groups -OCH3 is 1. The first kappa shape index (κ1) is 14.4. The number of rotatable bonds is 5. The molecule has 0 aromatic heterocycles. The average molecular weight is 286 g/mol. The molecule has 19 heavy (non-hydrogen) atoms. The second-order valence-electron chi connectivity index (χ2n) is 4.60. The van der Waals surface area contributed by atoms with Crippen LogP contribution in [0.3, 0.4) is 0 Å². The molecule has 0 bridgehead atoms. The molecule has 2 rings (SSSR count). The summed E-state index contributed by atoms with van der Waals surface area (Å²) in [6, 6.07) is 3.54. The summed E-state index contributed by atoms with van der Waals surface area (Å²) in [5.41, 5.74) is 6.57. The van der Waals surface area contributed by atoms with E-state index in [2.05, 4.69) is 0 Å². The molecule has 2 N–H and O–H groups in total. The number of hydrogen-bond donors (Lipinski definition) is 1. The Labute approximate surface area is 118 Å². The summed E-state index contributed by atoms with van der Waals surface area (Å²) >= 11 is 6.01. The fourth-order valence-corrected chi connectivity index (χ4v) is 2.44. The summed E-state index contributed by atoms with van der Waals surface area (Å²) in [7, 11) is 1.59. The molecule has 1 aliphatic rings. The molecule has 1 saturated heterocycles. The van der Waals surface area contributed by atoms with E-state index < -0.39 is 0 Å². The van der Waals surface area contributed by atoms with Crippen molar-refractivity contribution in [3.8, 4) is 11.5 Å². The van der Waals surface area contributed by atoms with Gasteiger partial charge in [-0.25, -0.2) is 0 Å². The Hall–Kier alpha value is -0.970. The number of benzene rings is 1. The average Bonchev–Trinajstić information content (AvgIpc) is 2.46. The standard InChI is InChI=1S/C14H20ClNO3/c1-17-13-7-11(15)6-10(8-16)14(13)19-9-12-4-2-3-5-18-12/h6-7,12H,2-5,8-9,16H2,1H3. The van der Waals surface area contributed by atoms with Gasteiger partial charge < -0.3 is 19.9 Å². The maximum Gasteiger partial charge on any atom is 0.165 e. The lowest BCUT2D eigenvalue weighted by molar-refractivity contribution is -0.0116. The predicted octanol–water partition coefficient (Wildman–Crippen LogP) is 2.76. The Kier molecular flexibility index (Phi) is 5.31. The van der Waals surface area contributed by atoms with Crippen LogP contribution in [0.25, 0.3) is 0 Å². The van der Waals surface area contributed by atoms with Crippen LogP contribution in [0.5, 0.6) is 11.5 Å². The van der Waals surface area contributed by atoms with Crippen LogP contribution < -0.4 is 15.2 Å². The lowest BCUT2D eigenvalue weighted by atomic mass is 10.1. The van der Waals surface area contributed by atoms with E-state index in [0.29, 0.717) is 29.7 Å². The van der Waals surface area contributed by atoms with Crippen LogP contribution in [0.4, 0.5) is 0 Å². The molecule has 0 radical (unpaired) electrons. The first-order chi connectivity index (χ1) is 9.24. The third-order valence-corrected chi connectivity index (χ3v) is 3.44. The monoisotopic (exact) mass is 285 g/mol. The lowest BCUT2D eigenvalue weighted by Crippen LogP contribution is -2.26. The van der Waals surface area contributed by atoms with Gasteiger partial charge in [0, 0.05) is 29.8 Å². The van der Waals surface area contributed by atoms with Crippen LogP contribution in [0.15, 0.2) is 12.1 Å². The Morgan fingerprint density at radius 2 is 2.26 bits per heavy atom. The van der Waals surface area contributed by atoms with Gasteiger partial charge in [0.25, 0.3) is 0 Å². The Morgan fingerprint density at radius 3 is 2.89 bits per heavy atom. The normalized spacial score (nSPS) is 19.2. The van der Waals surface area contributed by atoms with Crippen molar-refractivity contribution < 1.29 is 14.2 Å². The highest BCUT2D eigenvalue weighted by Crippen LogP contribution is 2.34. The zero-order chi connectivity index (χ0) is 13.7. The van der Waals surface area contributed by atoms with Crippen LogP contribution in [-0.4, -0.2) is 26.4 Å². The van der Waals surface area contributed by atoms with Crippen LogP contribution in [-0.2, 0) is 11.3 Å². The molecule has 1 unspecified atom stereocenters. The molecule has 1 aromatic carbocycles. The minimum atomic E-state index is 0.153. The van der Waals surface area contributed by atoms with Crippen molar-refractivity contribution in [1.82, 2.24) is 0 Å². The zero-order valence-electron chi connectivity index (χ0n) is 11.2. The van der Waals surface area contributed by atoms with Crippen molar-refractivity contribution in [2.45, 2.75) is 31.9 Å². The van der Waals surface area contributed by atoms with Crippen LogP contribution >= 0.6 is 11.6 Å². The minimum absolute atomic E-state index is 0.153. The Morgan fingerprint density at radius 1 is 1.42 bits per heavy atom. The van der Waals surface area contributed by atoms with Gasteiger partial charge in [-0.2, -0.15) is 0 Å². The SMILES string of the molecule is COc1cc(Cl)cc(CN)c1OCC1CCCCO1. The van der Waals surface area contributed by atoms with E-state index in [-0.39, 0.29) is 6.10 Å². The van der Waals surface area contributed by atoms with Gasteiger partial charge in [-0.15, -0.1) is 0 Å². The topological polar surface area (TPSA) is 53.7 Å². The molecule has 4 nitrogen and oxygen atoms in total. The highest BCUT2D eigenvalue weighted by molar-refractivity contribution is 6.30. The molecular formula is C14H20ClNO3. The van der Waals surface area contributed by atoms with Crippen LogP contribution in [0.2, 0.25) is 5.02 Å². The van der Waals surface area contributed by atoms with E-state index in [9.17, 15) is 0 Å². The summed E-state index contributed by atoms with van der Waals surface area (Å²) in [5, 5.41) is 0.596. The second kappa shape index (κ2) is 6.98. The first-order valence-corrected chi connectivity index (χ1v) is 6.93. The van der Waals surface area contributed by atoms with Crippen molar-refractivity contribution in [3.05, 3.63) is 22.7 Å². The molecule has 5 heteroatoms. The van der Waals surface area contributed by atoms with Gasteiger partial charge in [-0.05, 0) is 25.3 Å².